The second-order valence-corrected chi connectivity index (χ2v) is 6.62. The van der Waals surface area contributed by atoms with Crippen molar-refractivity contribution in [3.05, 3.63) is 34.9 Å². The van der Waals surface area contributed by atoms with Crippen molar-refractivity contribution in [2.24, 2.45) is 5.73 Å². The first-order chi connectivity index (χ1) is 7.14. The zero-order valence-corrected chi connectivity index (χ0v) is 11.5. The zero-order chi connectivity index (χ0) is 12.6. The number of hydrogen-bond acceptors (Lipinski definition) is 1. The maximum atomic E-state index is 5.77. The summed E-state index contributed by atoms with van der Waals surface area (Å²) in [7, 11) is 0. The minimum absolute atomic E-state index is 0.186. The molecule has 0 aliphatic rings. The monoisotopic (exact) mass is 219 g/mol. The average Bonchev–Trinajstić information content (AvgIpc) is 2.14. The van der Waals surface area contributed by atoms with Gasteiger partial charge in [-0.15, -0.1) is 0 Å². The van der Waals surface area contributed by atoms with Crippen LogP contribution in [0.3, 0.4) is 0 Å². The predicted octanol–water partition coefficient (Wildman–Crippen LogP) is 3.74. The molecule has 1 heteroatoms. The maximum absolute atomic E-state index is 5.77. The smallest absolute Gasteiger partial charge is 0.0178 e. The lowest BCUT2D eigenvalue weighted by Gasteiger charge is -2.26. The van der Waals surface area contributed by atoms with Gasteiger partial charge < -0.3 is 5.73 Å². The van der Waals surface area contributed by atoms with Crippen LogP contribution in [0, 0.1) is 0 Å². The van der Waals surface area contributed by atoms with Crippen molar-refractivity contribution >= 4 is 0 Å². The van der Waals surface area contributed by atoms with E-state index in [9.17, 15) is 0 Å². The van der Waals surface area contributed by atoms with E-state index < -0.39 is 0 Å². The molecule has 0 aliphatic carbocycles. The summed E-state index contributed by atoms with van der Waals surface area (Å²) in [4.78, 5) is 0. The SMILES string of the molecule is CC(C)(C)c1cc(CN)cc(C(C)(C)C)c1. The minimum Gasteiger partial charge on any atom is -0.326 e. The third-order valence-corrected chi connectivity index (χ3v) is 2.96. The van der Waals surface area contributed by atoms with Crippen molar-refractivity contribution in [1.29, 1.82) is 0 Å². The van der Waals surface area contributed by atoms with Crippen LogP contribution in [0.2, 0.25) is 0 Å². The van der Waals surface area contributed by atoms with Gasteiger partial charge in [0, 0.05) is 6.54 Å². The summed E-state index contributed by atoms with van der Waals surface area (Å²) in [6.07, 6.45) is 0. The molecular weight excluding hydrogens is 194 g/mol. The Morgan fingerprint density at radius 2 is 1.19 bits per heavy atom. The number of hydrogen-bond donors (Lipinski definition) is 1. The van der Waals surface area contributed by atoms with E-state index in [1.54, 1.807) is 0 Å². The number of benzene rings is 1. The second kappa shape index (κ2) is 4.21. The molecule has 1 aromatic rings. The quantitative estimate of drug-likeness (QED) is 0.765. The summed E-state index contributed by atoms with van der Waals surface area (Å²) in [6.45, 7) is 14.1. The van der Waals surface area contributed by atoms with Gasteiger partial charge in [-0.05, 0) is 27.5 Å². The van der Waals surface area contributed by atoms with Crippen molar-refractivity contribution in [2.45, 2.75) is 58.9 Å². The van der Waals surface area contributed by atoms with Crippen molar-refractivity contribution in [3.8, 4) is 0 Å². The van der Waals surface area contributed by atoms with Crippen LogP contribution in [0.1, 0.15) is 58.2 Å². The van der Waals surface area contributed by atoms with E-state index in [0.717, 1.165) is 0 Å². The molecule has 90 valence electrons. The lowest BCUT2D eigenvalue weighted by Crippen LogP contribution is -2.17. The van der Waals surface area contributed by atoms with Crippen LogP contribution in [-0.4, -0.2) is 0 Å². The Bertz CT molecular complexity index is 332. The Kier molecular flexibility index (Phi) is 3.49. The third-order valence-electron chi connectivity index (χ3n) is 2.96. The second-order valence-electron chi connectivity index (χ2n) is 6.62. The highest BCUT2D eigenvalue weighted by Gasteiger charge is 2.19. The summed E-state index contributed by atoms with van der Waals surface area (Å²) in [5, 5.41) is 0. The maximum Gasteiger partial charge on any atom is 0.0178 e. The first-order valence-corrected chi connectivity index (χ1v) is 5.99. The minimum atomic E-state index is 0.186. The molecule has 0 aromatic heterocycles. The van der Waals surface area contributed by atoms with Gasteiger partial charge in [0.25, 0.3) is 0 Å². The van der Waals surface area contributed by atoms with Gasteiger partial charge in [0.05, 0.1) is 0 Å². The Balaban J connectivity index is 3.33. The summed E-state index contributed by atoms with van der Waals surface area (Å²) in [5.41, 5.74) is 10.1. The third kappa shape index (κ3) is 3.08. The Morgan fingerprint density at radius 3 is 1.44 bits per heavy atom. The first-order valence-electron chi connectivity index (χ1n) is 5.99. The molecule has 0 atom stereocenters. The van der Waals surface area contributed by atoms with E-state index in [-0.39, 0.29) is 10.8 Å². The van der Waals surface area contributed by atoms with Crippen LogP contribution in [0.5, 0.6) is 0 Å². The van der Waals surface area contributed by atoms with E-state index in [4.69, 9.17) is 5.73 Å². The van der Waals surface area contributed by atoms with Crippen LogP contribution in [0.4, 0.5) is 0 Å². The van der Waals surface area contributed by atoms with Crippen LogP contribution >= 0.6 is 0 Å². The zero-order valence-electron chi connectivity index (χ0n) is 11.5. The van der Waals surface area contributed by atoms with E-state index >= 15 is 0 Å². The summed E-state index contributed by atoms with van der Waals surface area (Å²) in [6, 6.07) is 6.78. The Labute approximate surface area is 100 Å². The molecule has 0 spiro atoms. The number of rotatable bonds is 1. The van der Waals surface area contributed by atoms with E-state index in [2.05, 4.69) is 59.7 Å². The molecule has 0 heterocycles. The molecule has 1 nitrogen and oxygen atoms in total. The van der Waals surface area contributed by atoms with Gasteiger partial charge in [0.2, 0.25) is 0 Å². The molecule has 1 rings (SSSR count). The van der Waals surface area contributed by atoms with Gasteiger partial charge in [0.1, 0.15) is 0 Å². The fourth-order valence-corrected chi connectivity index (χ4v) is 1.68. The largest absolute Gasteiger partial charge is 0.326 e. The number of nitrogens with two attached hydrogens (primary N) is 1. The highest BCUT2D eigenvalue weighted by Crippen LogP contribution is 2.30. The van der Waals surface area contributed by atoms with E-state index in [1.165, 1.54) is 16.7 Å². The molecule has 16 heavy (non-hydrogen) atoms. The van der Waals surface area contributed by atoms with Crippen molar-refractivity contribution in [1.82, 2.24) is 0 Å². The van der Waals surface area contributed by atoms with E-state index in [0.29, 0.717) is 6.54 Å². The standard InChI is InChI=1S/C15H25N/c1-14(2,3)12-7-11(10-16)8-13(9-12)15(4,5)6/h7-9H,10,16H2,1-6H3. The van der Waals surface area contributed by atoms with Gasteiger partial charge in [-0.1, -0.05) is 59.7 Å². The lowest BCUT2D eigenvalue weighted by atomic mass is 9.79. The molecule has 0 saturated carbocycles. The average molecular weight is 219 g/mol. The molecule has 0 bridgehead atoms. The molecule has 0 aliphatic heterocycles. The van der Waals surface area contributed by atoms with Gasteiger partial charge in [-0.3, -0.25) is 0 Å². The lowest BCUT2D eigenvalue weighted by molar-refractivity contribution is 0.567. The fourth-order valence-electron chi connectivity index (χ4n) is 1.68. The summed E-state index contributed by atoms with van der Waals surface area (Å²) in [5.74, 6) is 0. The highest BCUT2D eigenvalue weighted by atomic mass is 14.5. The molecular formula is C15H25N. The van der Waals surface area contributed by atoms with Gasteiger partial charge in [0.15, 0.2) is 0 Å². The molecule has 0 radical (unpaired) electrons. The van der Waals surface area contributed by atoms with Crippen LogP contribution in [0.15, 0.2) is 18.2 Å². The molecule has 0 saturated heterocycles. The molecule has 0 fully saturated rings. The van der Waals surface area contributed by atoms with Crippen molar-refractivity contribution in [3.63, 3.8) is 0 Å². The highest BCUT2D eigenvalue weighted by molar-refractivity contribution is 5.37. The van der Waals surface area contributed by atoms with Gasteiger partial charge in [-0.2, -0.15) is 0 Å². The molecule has 2 N–H and O–H groups in total. The topological polar surface area (TPSA) is 26.0 Å². The molecule has 0 amide bonds. The first kappa shape index (κ1) is 13.2. The van der Waals surface area contributed by atoms with Gasteiger partial charge >= 0.3 is 0 Å². The predicted molar refractivity (Wildman–Crippen MR) is 71.7 cm³/mol. The normalized spacial score (nSPS) is 12.9. The molecule has 1 aromatic carbocycles. The Hall–Kier alpha value is -0.820. The summed E-state index contributed by atoms with van der Waals surface area (Å²) >= 11 is 0. The fraction of sp³-hybridized carbons (Fsp3) is 0.600. The van der Waals surface area contributed by atoms with E-state index in [1.807, 2.05) is 0 Å². The summed E-state index contributed by atoms with van der Waals surface area (Å²) < 4.78 is 0. The van der Waals surface area contributed by atoms with Crippen molar-refractivity contribution in [2.75, 3.05) is 0 Å². The van der Waals surface area contributed by atoms with Crippen LogP contribution in [0.25, 0.3) is 0 Å². The van der Waals surface area contributed by atoms with Crippen LogP contribution in [-0.2, 0) is 17.4 Å². The molecule has 0 unspecified atom stereocenters. The van der Waals surface area contributed by atoms with Crippen LogP contribution < -0.4 is 5.73 Å². The van der Waals surface area contributed by atoms with Crippen molar-refractivity contribution < 1.29 is 0 Å². The Morgan fingerprint density at radius 1 is 0.812 bits per heavy atom. The van der Waals surface area contributed by atoms with Gasteiger partial charge in [-0.25, -0.2) is 0 Å².